The third-order valence-corrected chi connectivity index (χ3v) is 6.25. The molecule has 0 aliphatic rings. The summed E-state index contributed by atoms with van der Waals surface area (Å²) in [6, 6.07) is 20.9. The molecular formula is C27H35B3N4O6. The molecule has 3 rings (SSSR count). The zero-order valence-corrected chi connectivity index (χ0v) is 22.3. The summed E-state index contributed by atoms with van der Waals surface area (Å²) in [5.74, 6) is 0. The second-order valence-corrected chi connectivity index (χ2v) is 9.28. The van der Waals surface area contributed by atoms with Crippen LogP contribution in [0.15, 0.2) is 82.8 Å². The Balaban J connectivity index is 1.49. The molecule has 40 heavy (non-hydrogen) atoms. The lowest BCUT2D eigenvalue weighted by Crippen LogP contribution is -2.35. The maximum Gasteiger partial charge on any atom is 0.488 e. The van der Waals surface area contributed by atoms with Gasteiger partial charge in [0, 0.05) is 45.2 Å². The van der Waals surface area contributed by atoms with Crippen molar-refractivity contribution in [3.63, 3.8) is 0 Å². The summed E-state index contributed by atoms with van der Waals surface area (Å²) in [5, 5.41) is 58.8. The van der Waals surface area contributed by atoms with Crippen molar-refractivity contribution in [2.45, 2.75) is 6.54 Å². The van der Waals surface area contributed by atoms with Gasteiger partial charge >= 0.3 is 21.4 Å². The first kappa shape index (κ1) is 31.4. The van der Waals surface area contributed by atoms with Crippen molar-refractivity contribution in [1.82, 2.24) is 10.2 Å². The molecule has 0 unspecified atom stereocenters. The van der Waals surface area contributed by atoms with Crippen molar-refractivity contribution >= 4 is 50.2 Å². The fraction of sp³-hybridized carbons (Fsp3) is 0.259. The highest BCUT2D eigenvalue weighted by Gasteiger charge is 2.11. The van der Waals surface area contributed by atoms with Crippen molar-refractivity contribution in [2.24, 2.45) is 9.98 Å². The topological polar surface area (TPSA) is 161 Å². The number of rotatable bonds is 16. The van der Waals surface area contributed by atoms with E-state index in [1.165, 1.54) is 0 Å². The lowest BCUT2D eigenvalue weighted by Gasteiger charge is -2.21. The van der Waals surface area contributed by atoms with Crippen LogP contribution in [0.5, 0.6) is 0 Å². The van der Waals surface area contributed by atoms with Gasteiger partial charge in [0.2, 0.25) is 0 Å². The third kappa shape index (κ3) is 11.2. The van der Waals surface area contributed by atoms with Gasteiger partial charge in [-0.25, -0.2) is 0 Å². The molecule has 0 saturated carbocycles. The van der Waals surface area contributed by atoms with Gasteiger partial charge in [-0.3, -0.25) is 14.9 Å². The Bertz CT molecular complexity index is 1130. The summed E-state index contributed by atoms with van der Waals surface area (Å²) in [6.07, 6.45) is 3.53. The minimum atomic E-state index is -1.49. The van der Waals surface area contributed by atoms with E-state index >= 15 is 0 Å². The molecule has 0 aliphatic carbocycles. The quantitative estimate of drug-likeness (QED) is 0.0586. The van der Waals surface area contributed by atoms with E-state index in [2.05, 4.69) is 20.2 Å². The van der Waals surface area contributed by atoms with Crippen molar-refractivity contribution in [2.75, 3.05) is 39.3 Å². The summed E-state index contributed by atoms with van der Waals surface area (Å²) in [7, 11) is -4.45. The molecule has 208 valence electrons. The molecule has 0 spiro atoms. The highest BCUT2D eigenvalue weighted by molar-refractivity contribution is 6.59. The SMILES string of the molecule is OB(O)c1ccc(/C=N/CCN(CC/N=C/c2ccc(B(O)O)cc2)CCNCc2ccc(B(O)O)cc2)cc1. The van der Waals surface area contributed by atoms with Gasteiger partial charge in [-0.1, -0.05) is 72.8 Å². The minimum Gasteiger partial charge on any atom is -0.423 e. The van der Waals surface area contributed by atoms with Gasteiger partial charge in [0.1, 0.15) is 0 Å². The van der Waals surface area contributed by atoms with Crippen LogP contribution in [0, 0.1) is 0 Å². The zero-order valence-electron chi connectivity index (χ0n) is 22.3. The van der Waals surface area contributed by atoms with E-state index in [9.17, 15) is 30.1 Å². The summed E-state index contributed by atoms with van der Waals surface area (Å²) in [6.45, 7) is 4.82. The number of nitrogens with zero attached hydrogens (tertiary/aromatic N) is 3. The summed E-state index contributed by atoms with van der Waals surface area (Å²) in [5.41, 5.74) is 4.12. The largest absolute Gasteiger partial charge is 0.488 e. The van der Waals surface area contributed by atoms with E-state index in [1.807, 2.05) is 12.1 Å². The van der Waals surface area contributed by atoms with E-state index < -0.39 is 21.4 Å². The van der Waals surface area contributed by atoms with Gasteiger partial charge in [0.25, 0.3) is 0 Å². The molecule has 0 amide bonds. The summed E-state index contributed by atoms with van der Waals surface area (Å²) >= 11 is 0. The molecule has 0 atom stereocenters. The molecule has 0 aromatic heterocycles. The summed E-state index contributed by atoms with van der Waals surface area (Å²) < 4.78 is 0. The Kier molecular flexibility index (Phi) is 13.2. The second kappa shape index (κ2) is 16.9. The molecule has 7 N–H and O–H groups in total. The second-order valence-electron chi connectivity index (χ2n) is 9.28. The number of hydrogen-bond donors (Lipinski definition) is 7. The highest BCUT2D eigenvalue weighted by Crippen LogP contribution is 1.99. The Hall–Kier alpha value is -3.13. The van der Waals surface area contributed by atoms with E-state index in [0.29, 0.717) is 36.0 Å². The van der Waals surface area contributed by atoms with Crippen LogP contribution in [0.1, 0.15) is 16.7 Å². The average molecular weight is 544 g/mol. The van der Waals surface area contributed by atoms with Gasteiger partial charge in [-0.15, -0.1) is 0 Å². The first-order chi connectivity index (χ1) is 19.3. The highest BCUT2D eigenvalue weighted by atomic mass is 16.4. The van der Waals surface area contributed by atoms with Crippen LogP contribution in [0.4, 0.5) is 0 Å². The van der Waals surface area contributed by atoms with E-state index in [-0.39, 0.29) is 0 Å². The normalized spacial score (nSPS) is 11.6. The zero-order chi connectivity index (χ0) is 28.7. The van der Waals surface area contributed by atoms with E-state index in [4.69, 9.17) is 0 Å². The van der Waals surface area contributed by atoms with Crippen LogP contribution >= 0.6 is 0 Å². The molecule has 3 aromatic rings. The molecule has 3 aromatic carbocycles. The van der Waals surface area contributed by atoms with Gasteiger partial charge in [0.05, 0.1) is 13.1 Å². The number of hydrogen-bond acceptors (Lipinski definition) is 10. The Morgan fingerprint density at radius 1 is 0.575 bits per heavy atom. The number of benzene rings is 3. The molecule has 0 bridgehead atoms. The van der Waals surface area contributed by atoms with Crippen LogP contribution < -0.4 is 21.7 Å². The molecule has 0 fully saturated rings. The van der Waals surface area contributed by atoms with Crippen LogP contribution in [0.25, 0.3) is 0 Å². The lowest BCUT2D eigenvalue weighted by atomic mass is 9.80. The van der Waals surface area contributed by atoms with Crippen molar-refractivity contribution in [3.05, 3.63) is 89.5 Å². The van der Waals surface area contributed by atoms with Crippen molar-refractivity contribution < 1.29 is 30.1 Å². The number of nitrogens with one attached hydrogen (secondary N) is 1. The molecule has 0 aliphatic heterocycles. The number of aliphatic imine (C=N–C) groups is 2. The lowest BCUT2D eigenvalue weighted by molar-refractivity contribution is 0.288. The average Bonchev–Trinajstić information content (AvgIpc) is 2.95. The maximum absolute atomic E-state index is 9.24. The Morgan fingerprint density at radius 3 is 1.38 bits per heavy atom. The van der Waals surface area contributed by atoms with Crippen molar-refractivity contribution in [1.29, 1.82) is 0 Å². The standard InChI is InChI=1S/C27H35B3N4O6/c35-28(36)25-7-1-22(2-8-25)19-31-13-16-34(17-14-32-20-23-3-9-26(10-4-23)29(37)38)18-15-33-21-24-5-11-27(12-6-24)30(39)40/h1-12,19-20,33,35-40H,13-18,21H2/b31-19+,32-20+. The van der Waals surface area contributed by atoms with Crippen molar-refractivity contribution in [3.8, 4) is 0 Å². The van der Waals surface area contributed by atoms with Gasteiger partial charge in [-0.05, 0) is 33.1 Å². The fourth-order valence-corrected chi connectivity index (χ4v) is 3.86. The first-order valence-corrected chi connectivity index (χ1v) is 13.1. The Morgan fingerprint density at radius 2 is 0.975 bits per heavy atom. The van der Waals surface area contributed by atoms with E-state index in [0.717, 1.165) is 42.9 Å². The fourth-order valence-electron chi connectivity index (χ4n) is 3.86. The van der Waals surface area contributed by atoms with Gasteiger partial charge < -0.3 is 35.5 Å². The third-order valence-electron chi connectivity index (χ3n) is 6.25. The molecule has 10 nitrogen and oxygen atoms in total. The van der Waals surface area contributed by atoms with Crippen LogP contribution in [0.3, 0.4) is 0 Å². The smallest absolute Gasteiger partial charge is 0.423 e. The first-order valence-electron chi connectivity index (χ1n) is 13.1. The molecule has 0 saturated heterocycles. The molecule has 0 heterocycles. The van der Waals surface area contributed by atoms with Gasteiger partial charge in [-0.2, -0.15) is 0 Å². The maximum atomic E-state index is 9.24. The van der Waals surface area contributed by atoms with Crippen LogP contribution in [-0.4, -0.2) is 108 Å². The van der Waals surface area contributed by atoms with Crippen LogP contribution in [-0.2, 0) is 6.54 Å². The monoisotopic (exact) mass is 544 g/mol. The van der Waals surface area contributed by atoms with Crippen LogP contribution in [0.2, 0.25) is 0 Å². The van der Waals surface area contributed by atoms with Gasteiger partial charge in [0.15, 0.2) is 0 Å². The summed E-state index contributed by atoms with van der Waals surface area (Å²) in [4.78, 5) is 11.3. The molecular weight excluding hydrogens is 509 g/mol. The predicted molar refractivity (Wildman–Crippen MR) is 162 cm³/mol. The molecule has 0 radical (unpaired) electrons. The predicted octanol–water partition coefficient (Wildman–Crippen LogP) is -2.64. The minimum absolute atomic E-state index is 0.431. The Labute approximate surface area is 235 Å². The molecule has 13 heteroatoms. The van der Waals surface area contributed by atoms with E-state index in [1.54, 1.807) is 73.1 Å².